The fourth-order valence-electron chi connectivity index (χ4n) is 2.33. The third-order valence-corrected chi connectivity index (χ3v) is 7.11. The van der Waals surface area contributed by atoms with Crippen LogP contribution in [0.4, 0.5) is 5.13 Å². The van der Waals surface area contributed by atoms with E-state index >= 15 is 0 Å². The summed E-state index contributed by atoms with van der Waals surface area (Å²) in [4.78, 5) is 17.1. The molecule has 0 aliphatic rings. The van der Waals surface area contributed by atoms with Gasteiger partial charge in [-0.05, 0) is 25.1 Å². The standard InChI is InChI=1S/C18H13ClN4OS3/c1-10(25-18-20-13-8-4-5-9-14(13)26-18)15(24)21-17-23-22-16(27-17)11-6-2-3-7-12(11)19/h2-10H,1H3,(H,21,23,24)/t10-/m1/s1. The van der Waals surface area contributed by atoms with Crippen molar-refractivity contribution in [3.63, 3.8) is 0 Å². The Morgan fingerprint density at radius 1 is 1.11 bits per heavy atom. The molecule has 1 N–H and O–H groups in total. The van der Waals surface area contributed by atoms with Gasteiger partial charge < -0.3 is 0 Å². The lowest BCUT2D eigenvalue weighted by Gasteiger charge is -2.07. The lowest BCUT2D eigenvalue weighted by atomic mass is 10.2. The number of anilines is 1. The highest BCUT2D eigenvalue weighted by atomic mass is 35.5. The van der Waals surface area contributed by atoms with Crippen molar-refractivity contribution in [1.82, 2.24) is 15.2 Å². The minimum atomic E-state index is -0.307. The first-order chi connectivity index (χ1) is 13.1. The quantitative estimate of drug-likeness (QED) is 0.416. The molecule has 4 aromatic rings. The van der Waals surface area contributed by atoms with Gasteiger partial charge in [0.15, 0.2) is 9.35 Å². The number of carbonyl (C=O) groups excluding carboxylic acids is 1. The van der Waals surface area contributed by atoms with Crippen LogP contribution in [0, 0.1) is 0 Å². The zero-order valence-corrected chi connectivity index (χ0v) is 17.3. The van der Waals surface area contributed by atoms with Gasteiger partial charge in [0.1, 0.15) is 0 Å². The monoisotopic (exact) mass is 432 g/mol. The highest BCUT2D eigenvalue weighted by Gasteiger charge is 2.19. The van der Waals surface area contributed by atoms with Gasteiger partial charge in [-0.1, -0.05) is 65.0 Å². The molecule has 0 spiro atoms. The number of fused-ring (bicyclic) bond motifs is 1. The van der Waals surface area contributed by atoms with Crippen LogP contribution in [0.5, 0.6) is 0 Å². The summed E-state index contributed by atoms with van der Waals surface area (Å²) in [5.41, 5.74) is 1.75. The Labute approximate surface area is 172 Å². The van der Waals surface area contributed by atoms with Gasteiger partial charge in [-0.15, -0.1) is 21.5 Å². The molecule has 1 amide bonds. The molecule has 4 rings (SSSR count). The van der Waals surface area contributed by atoms with Gasteiger partial charge in [0.25, 0.3) is 0 Å². The molecule has 2 aromatic heterocycles. The van der Waals surface area contributed by atoms with E-state index in [1.807, 2.05) is 49.4 Å². The van der Waals surface area contributed by atoms with Crippen LogP contribution in [0.2, 0.25) is 5.02 Å². The predicted octanol–water partition coefficient (Wildman–Crippen LogP) is 5.59. The van der Waals surface area contributed by atoms with E-state index in [4.69, 9.17) is 11.6 Å². The molecule has 9 heteroatoms. The minimum absolute atomic E-state index is 0.138. The number of halogens is 1. The Kier molecular flexibility index (Phi) is 5.40. The van der Waals surface area contributed by atoms with Gasteiger partial charge in [0.2, 0.25) is 11.0 Å². The van der Waals surface area contributed by atoms with Crippen LogP contribution in [0.3, 0.4) is 0 Å². The average molecular weight is 433 g/mol. The molecule has 1 atom stereocenters. The van der Waals surface area contributed by atoms with Crippen molar-refractivity contribution in [3.05, 3.63) is 53.6 Å². The summed E-state index contributed by atoms with van der Waals surface area (Å²) in [6.07, 6.45) is 0. The van der Waals surface area contributed by atoms with E-state index < -0.39 is 0 Å². The Balaban J connectivity index is 1.43. The number of amides is 1. The first-order valence-corrected chi connectivity index (χ1v) is 10.9. The predicted molar refractivity (Wildman–Crippen MR) is 114 cm³/mol. The number of rotatable bonds is 5. The van der Waals surface area contributed by atoms with E-state index in [2.05, 4.69) is 20.5 Å². The number of nitrogens with zero attached hydrogens (tertiary/aromatic N) is 3. The SMILES string of the molecule is C[C@@H](Sc1nc2ccccc2s1)C(=O)Nc1nnc(-c2ccccc2Cl)s1. The number of benzene rings is 2. The topological polar surface area (TPSA) is 67.8 Å². The van der Waals surface area contributed by atoms with Gasteiger partial charge in [-0.2, -0.15) is 0 Å². The third kappa shape index (κ3) is 4.14. The Bertz CT molecular complexity index is 1080. The second-order valence-electron chi connectivity index (χ2n) is 5.59. The zero-order valence-electron chi connectivity index (χ0n) is 14.0. The fraction of sp³-hybridized carbons (Fsp3) is 0.111. The molecule has 136 valence electrons. The summed E-state index contributed by atoms with van der Waals surface area (Å²) in [7, 11) is 0. The number of aromatic nitrogens is 3. The molecule has 0 radical (unpaired) electrons. The molecule has 0 saturated carbocycles. The van der Waals surface area contributed by atoms with Crippen molar-refractivity contribution in [2.24, 2.45) is 0 Å². The first kappa shape index (κ1) is 18.4. The van der Waals surface area contributed by atoms with Gasteiger partial charge in [-0.3, -0.25) is 10.1 Å². The summed E-state index contributed by atoms with van der Waals surface area (Å²) in [6, 6.07) is 15.4. The molecule has 5 nitrogen and oxygen atoms in total. The smallest absolute Gasteiger partial charge is 0.239 e. The van der Waals surface area contributed by atoms with Crippen LogP contribution in [0.25, 0.3) is 20.8 Å². The number of para-hydroxylation sites is 1. The lowest BCUT2D eigenvalue weighted by Crippen LogP contribution is -2.22. The number of hydrogen-bond donors (Lipinski definition) is 1. The second kappa shape index (κ2) is 7.93. The van der Waals surface area contributed by atoms with Crippen molar-refractivity contribution < 1.29 is 4.79 Å². The van der Waals surface area contributed by atoms with Crippen molar-refractivity contribution >= 4 is 67.3 Å². The maximum absolute atomic E-state index is 12.5. The number of carbonyl (C=O) groups is 1. The van der Waals surface area contributed by atoms with E-state index in [1.54, 1.807) is 17.4 Å². The number of thiazole rings is 1. The molecular formula is C18H13ClN4OS3. The molecule has 0 unspecified atom stereocenters. The third-order valence-electron chi connectivity index (χ3n) is 3.68. The van der Waals surface area contributed by atoms with Gasteiger partial charge >= 0.3 is 0 Å². The van der Waals surface area contributed by atoms with Crippen LogP contribution >= 0.6 is 46.0 Å². The maximum Gasteiger partial charge on any atom is 0.239 e. The molecule has 0 aliphatic carbocycles. The zero-order chi connectivity index (χ0) is 18.8. The summed E-state index contributed by atoms with van der Waals surface area (Å²) in [5.74, 6) is -0.138. The fourth-order valence-corrected chi connectivity index (χ4v) is 5.61. The Hall–Kier alpha value is -2.00. The van der Waals surface area contributed by atoms with Gasteiger partial charge in [0.05, 0.1) is 20.5 Å². The van der Waals surface area contributed by atoms with Gasteiger partial charge in [0, 0.05) is 5.56 Å². The summed E-state index contributed by atoms with van der Waals surface area (Å²) in [6.45, 7) is 1.85. The van der Waals surface area contributed by atoms with Crippen molar-refractivity contribution in [2.45, 2.75) is 16.5 Å². The second-order valence-corrected chi connectivity index (χ2v) is 9.59. The molecule has 2 aromatic carbocycles. The average Bonchev–Trinajstić information content (AvgIpc) is 3.28. The first-order valence-electron chi connectivity index (χ1n) is 8.01. The van der Waals surface area contributed by atoms with Crippen LogP contribution < -0.4 is 5.32 Å². The van der Waals surface area contributed by atoms with E-state index in [0.717, 1.165) is 20.1 Å². The highest BCUT2D eigenvalue weighted by molar-refractivity contribution is 8.02. The lowest BCUT2D eigenvalue weighted by molar-refractivity contribution is -0.115. The summed E-state index contributed by atoms with van der Waals surface area (Å²) < 4.78 is 1.98. The summed E-state index contributed by atoms with van der Waals surface area (Å²) in [5, 5.41) is 12.4. The van der Waals surface area contributed by atoms with Gasteiger partial charge in [-0.25, -0.2) is 4.98 Å². The van der Waals surface area contributed by atoms with E-state index in [1.165, 1.54) is 23.1 Å². The Morgan fingerprint density at radius 3 is 2.70 bits per heavy atom. The molecule has 2 heterocycles. The molecule has 0 saturated heterocycles. The number of nitrogens with one attached hydrogen (secondary N) is 1. The number of thioether (sulfide) groups is 1. The normalized spacial score (nSPS) is 12.2. The molecule has 0 bridgehead atoms. The molecule has 27 heavy (non-hydrogen) atoms. The van der Waals surface area contributed by atoms with Crippen LogP contribution in [0.1, 0.15) is 6.92 Å². The van der Waals surface area contributed by atoms with Crippen LogP contribution in [0.15, 0.2) is 52.9 Å². The van der Waals surface area contributed by atoms with Crippen molar-refractivity contribution in [3.8, 4) is 10.6 Å². The summed E-state index contributed by atoms with van der Waals surface area (Å²) >= 11 is 10.5. The molecular weight excluding hydrogens is 420 g/mol. The molecule has 0 aliphatic heterocycles. The van der Waals surface area contributed by atoms with Crippen molar-refractivity contribution in [1.29, 1.82) is 0 Å². The van der Waals surface area contributed by atoms with E-state index in [-0.39, 0.29) is 11.2 Å². The molecule has 0 fully saturated rings. The highest BCUT2D eigenvalue weighted by Crippen LogP contribution is 2.34. The van der Waals surface area contributed by atoms with E-state index in [9.17, 15) is 4.79 Å². The van der Waals surface area contributed by atoms with E-state index in [0.29, 0.717) is 15.2 Å². The van der Waals surface area contributed by atoms with Crippen LogP contribution in [-0.4, -0.2) is 26.3 Å². The minimum Gasteiger partial charge on any atom is -0.300 e. The Morgan fingerprint density at radius 2 is 1.89 bits per heavy atom. The number of hydrogen-bond acceptors (Lipinski definition) is 7. The van der Waals surface area contributed by atoms with Crippen molar-refractivity contribution in [2.75, 3.05) is 5.32 Å². The maximum atomic E-state index is 12.5. The van der Waals surface area contributed by atoms with Crippen LogP contribution in [-0.2, 0) is 4.79 Å². The largest absolute Gasteiger partial charge is 0.300 e.